The van der Waals surface area contributed by atoms with Crippen molar-refractivity contribution in [2.24, 2.45) is 4.99 Å². The van der Waals surface area contributed by atoms with Crippen LogP contribution in [-0.2, 0) is 4.74 Å². The van der Waals surface area contributed by atoms with Gasteiger partial charge in [-0.15, -0.1) is 0 Å². The fraction of sp³-hybridized carbons (Fsp3) is 0.267. The number of carbonyl (C=O) groups is 1. The Morgan fingerprint density at radius 1 is 1.41 bits per heavy atom. The summed E-state index contributed by atoms with van der Waals surface area (Å²) < 4.78 is 6.39. The van der Waals surface area contributed by atoms with Crippen LogP contribution in [0.2, 0.25) is 0 Å². The summed E-state index contributed by atoms with van der Waals surface area (Å²) in [4.78, 5) is 17.8. The number of aromatic nitrogens is 2. The highest BCUT2D eigenvalue weighted by Crippen LogP contribution is 2.32. The third-order valence-corrected chi connectivity index (χ3v) is 3.42. The molecule has 0 bridgehead atoms. The van der Waals surface area contributed by atoms with E-state index in [-0.39, 0.29) is 0 Å². The molecule has 1 N–H and O–H groups in total. The molecular weight excluding hydrogens is 284 g/mol. The van der Waals surface area contributed by atoms with Crippen molar-refractivity contribution in [2.45, 2.75) is 13.2 Å². The maximum absolute atomic E-state index is 11.7. The quantitative estimate of drug-likeness (QED) is 0.851. The van der Waals surface area contributed by atoms with Gasteiger partial charge in [0.2, 0.25) is 5.96 Å². The molecule has 1 aliphatic rings. The third kappa shape index (κ3) is 2.35. The zero-order valence-electron chi connectivity index (χ0n) is 12.3. The number of rotatable bonds is 2. The van der Waals surface area contributed by atoms with Crippen molar-refractivity contribution in [2.75, 3.05) is 13.7 Å². The highest BCUT2D eigenvalue weighted by Gasteiger charge is 2.27. The maximum Gasteiger partial charge on any atom is 0.341 e. The number of benzene rings is 1. The molecule has 0 saturated heterocycles. The molecular formula is C15H16N4O3. The van der Waals surface area contributed by atoms with Crippen molar-refractivity contribution in [1.29, 1.82) is 0 Å². The highest BCUT2D eigenvalue weighted by molar-refractivity contribution is 5.91. The molecule has 7 heteroatoms. The van der Waals surface area contributed by atoms with Gasteiger partial charge in [-0.1, -0.05) is 18.2 Å². The SMILES string of the molecule is CCOC(=O)c1cnn(C2=Nc3ccccc3C(O)N2C)c1. The second kappa shape index (κ2) is 5.61. The summed E-state index contributed by atoms with van der Waals surface area (Å²) in [5.74, 6) is -0.00416. The average molecular weight is 300 g/mol. The fourth-order valence-electron chi connectivity index (χ4n) is 2.28. The molecule has 0 amide bonds. The summed E-state index contributed by atoms with van der Waals surface area (Å²) in [5, 5.41) is 14.5. The van der Waals surface area contributed by atoms with Crippen molar-refractivity contribution >= 4 is 17.6 Å². The summed E-state index contributed by atoms with van der Waals surface area (Å²) in [6, 6.07) is 7.35. The van der Waals surface area contributed by atoms with Crippen LogP contribution < -0.4 is 0 Å². The second-order valence-electron chi connectivity index (χ2n) is 4.85. The number of aliphatic hydroxyl groups is 1. The molecule has 2 aromatic rings. The Morgan fingerprint density at radius 2 is 2.18 bits per heavy atom. The molecule has 1 unspecified atom stereocenters. The molecule has 22 heavy (non-hydrogen) atoms. The Hall–Kier alpha value is -2.67. The minimum absolute atomic E-state index is 0.303. The minimum atomic E-state index is -0.820. The fourth-order valence-corrected chi connectivity index (χ4v) is 2.28. The zero-order chi connectivity index (χ0) is 15.7. The van der Waals surface area contributed by atoms with Gasteiger partial charge in [0, 0.05) is 18.8 Å². The van der Waals surface area contributed by atoms with E-state index in [4.69, 9.17) is 4.74 Å². The van der Waals surface area contributed by atoms with Crippen molar-refractivity contribution in [1.82, 2.24) is 14.7 Å². The lowest BCUT2D eigenvalue weighted by atomic mass is 10.1. The van der Waals surface area contributed by atoms with Gasteiger partial charge in [-0.3, -0.25) is 0 Å². The first kappa shape index (κ1) is 14.3. The predicted octanol–water partition coefficient (Wildman–Crippen LogP) is 1.53. The van der Waals surface area contributed by atoms with Gasteiger partial charge in [0.25, 0.3) is 0 Å². The molecule has 2 heterocycles. The molecule has 0 fully saturated rings. The van der Waals surface area contributed by atoms with E-state index in [1.165, 1.54) is 17.1 Å². The molecule has 1 aliphatic heterocycles. The first-order valence-corrected chi connectivity index (χ1v) is 6.92. The Morgan fingerprint density at radius 3 is 2.95 bits per heavy atom. The zero-order valence-corrected chi connectivity index (χ0v) is 12.3. The van der Waals surface area contributed by atoms with Gasteiger partial charge >= 0.3 is 5.97 Å². The predicted molar refractivity (Wildman–Crippen MR) is 79.8 cm³/mol. The lowest BCUT2D eigenvalue weighted by Crippen LogP contribution is -2.38. The number of aliphatic imine (C=N–C) groups is 1. The van der Waals surface area contributed by atoms with Crippen LogP contribution in [0, 0.1) is 0 Å². The largest absolute Gasteiger partial charge is 0.462 e. The van der Waals surface area contributed by atoms with E-state index in [0.717, 1.165) is 5.56 Å². The number of aliphatic hydroxyl groups excluding tert-OH is 1. The van der Waals surface area contributed by atoms with Crippen molar-refractivity contribution in [3.8, 4) is 0 Å². The van der Waals surface area contributed by atoms with E-state index >= 15 is 0 Å². The third-order valence-electron chi connectivity index (χ3n) is 3.42. The van der Waals surface area contributed by atoms with E-state index in [1.807, 2.05) is 24.3 Å². The second-order valence-corrected chi connectivity index (χ2v) is 4.85. The number of fused-ring (bicyclic) bond motifs is 1. The number of hydrogen-bond acceptors (Lipinski definition) is 6. The van der Waals surface area contributed by atoms with E-state index in [0.29, 0.717) is 23.8 Å². The number of nitrogens with zero attached hydrogens (tertiary/aromatic N) is 4. The Balaban J connectivity index is 1.98. The molecule has 1 aromatic heterocycles. The normalized spacial score (nSPS) is 17.0. The molecule has 3 rings (SSSR count). The van der Waals surface area contributed by atoms with E-state index < -0.39 is 12.2 Å². The molecule has 1 aromatic carbocycles. The first-order chi connectivity index (χ1) is 10.6. The number of carbonyl (C=O) groups excluding carboxylic acids is 1. The van der Waals surface area contributed by atoms with Gasteiger partial charge in [0.05, 0.1) is 24.1 Å². The van der Waals surface area contributed by atoms with Crippen LogP contribution in [0.5, 0.6) is 0 Å². The molecule has 7 nitrogen and oxygen atoms in total. The highest BCUT2D eigenvalue weighted by atomic mass is 16.5. The van der Waals surface area contributed by atoms with Crippen LogP contribution in [0.25, 0.3) is 0 Å². The van der Waals surface area contributed by atoms with Crippen molar-refractivity contribution < 1.29 is 14.6 Å². The minimum Gasteiger partial charge on any atom is -0.462 e. The summed E-state index contributed by atoms with van der Waals surface area (Å²) in [6.45, 7) is 2.05. The van der Waals surface area contributed by atoms with Crippen LogP contribution in [0.15, 0.2) is 41.7 Å². The average Bonchev–Trinajstić information content (AvgIpc) is 3.01. The van der Waals surface area contributed by atoms with Crippen LogP contribution in [-0.4, -0.2) is 45.4 Å². The standard InChI is InChI=1S/C15H16N4O3/c1-3-22-14(21)10-8-16-19(9-10)15-17-12-7-5-4-6-11(12)13(20)18(15)2/h4-9,13,20H,3H2,1-2H3. The van der Waals surface area contributed by atoms with Gasteiger partial charge in [0.1, 0.15) is 0 Å². The molecule has 0 radical (unpaired) electrons. The lowest BCUT2D eigenvalue weighted by molar-refractivity contribution is 0.0526. The number of esters is 1. The summed E-state index contributed by atoms with van der Waals surface area (Å²) >= 11 is 0. The van der Waals surface area contributed by atoms with E-state index in [1.54, 1.807) is 18.9 Å². The number of para-hydroxylation sites is 1. The molecule has 0 spiro atoms. The molecule has 1 atom stereocenters. The number of ether oxygens (including phenoxy) is 1. The van der Waals surface area contributed by atoms with Crippen molar-refractivity contribution in [3.63, 3.8) is 0 Å². The molecule has 0 aliphatic carbocycles. The monoisotopic (exact) mass is 300 g/mol. The van der Waals surface area contributed by atoms with Crippen molar-refractivity contribution in [3.05, 3.63) is 47.8 Å². The lowest BCUT2D eigenvalue weighted by Gasteiger charge is -2.31. The summed E-state index contributed by atoms with van der Waals surface area (Å²) in [6.07, 6.45) is 2.13. The molecule has 0 saturated carbocycles. The van der Waals surface area contributed by atoms with Crippen LogP contribution in [0.3, 0.4) is 0 Å². The Kier molecular flexibility index (Phi) is 3.64. The Labute approximate surface area is 127 Å². The smallest absolute Gasteiger partial charge is 0.341 e. The summed E-state index contributed by atoms with van der Waals surface area (Å²) in [5.41, 5.74) is 1.74. The van der Waals surface area contributed by atoms with Gasteiger partial charge in [0.15, 0.2) is 6.23 Å². The topological polar surface area (TPSA) is 79.9 Å². The molecule has 114 valence electrons. The first-order valence-electron chi connectivity index (χ1n) is 6.92. The maximum atomic E-state index is 11.7. The van der Waals surface area contributed by atoms with Crippen LogP contribution in [0.1, 0.15) is 29.1 Å². The van der Waals surface area contributed by atoms with Gasteiger partial charge in [-0.2, -0.15) is 5.10 Å². The van der Waals surface area contributed by atoms with Crippen LogP contribution in [0.4, 0.5) is 5.69 Å². The van der Waals surface area contributed by atoms with E-state index in [9.17, 15) is 9.90 Å². The van der Waals surface area contributed by atoms with Gasteiger partial charge < -0.3 is 14.7 Å². The number of hydrogen-bond donors (Lipinski definition) is 1. The van der Waals surface area contributed by atoms with Gasteiger partial charge in [-0.25, -0.2) is 14.5 Å². The van der Waals surface area contributed by atoms with E-state index in [2.05, 4.69) is 10.1 Å². The summed E-state index contributed by atoms with van der Waals surface area (Å²) in [7, 11) is 1.71. The Bertz CT molecular complexity index is 738. The van der Waals surface area contributed by atoms with Gasteiger partial charge in [-0.05, 0) is 13.0 Å². The van der Waals surface area contributed by atoms with Crippen LogP contribution >= 0.6 is 0 Å².